The standard InChI is InChI=1S/C13H13N3O3/c17-11-8-4-5-9-15(11)13-12(16(18)19-14-13)10-6-2-1-3-7-10/h1-3,6-7H,4-5,8-9H2. The lowest BCUT2D eigenvalue weighted by Gasteiger charge is -2.22. The number of hydrogen-bond donors (Lipinski definition) is 0. The van der Waals surface area contributed by atoms with E-state index in [9.17, 15) is 10.0 Å². The third-order valence-electron chi connectivity index (χ3n) is 3.22. The van der Waals surface area contributed by atoms with Gasteiger partial charge in [0.2, 0.25) is 5.91 Å². The normalized spacial score (nSPS) is 15.8. The van der Waals surface area contributed by atoms with Crippen molar-refractivity contribution in [3.63, 3.8) is 0 Å². The molecule has 1 aliphatic heterocycles. The summed E-state index contributed by atoms with van der Waals surface area (Å²) in [6.45, 7) is 0.575. The Hall–Kier alpha value is -2.37. The smallest absolute Gasteiger partial charge is 0.324 e. The topological polar surface area (TPSA) is 73.3 Å². The largest absolute Gasteiger partial charge is 0.359 e. The summed E-state index contributed by atoms with van der Waals surface area (Å²) < 4.78 is 4.67. The van der Waals surface area contributed by atoms with E-state index in [0.717, 1.165) is 12.8 Å². The maximum atomic E-state index is 11.9. The summed E-state index contributed by atoms with van der Waals surface area (Å²) in [7, 11) is 0. The van der Waals surface area contributed by atoms with Gasteiger partial charge in [0.25, 0.3) is 5.69 Å². The van der Waals surface area contributed by atoms with Crippen molar-refractivity contribution in [1.29, 1.82) is 0 Å². The highest BCUT2D eigenvalue weighted by molar-refractivity contribution is 5.95. The number of piperidine rings is 1. The molecule has 3 rings (SSSR count). The average molecular weight is 259 g/mol. The van der Waals surface area contributed by atoms with Crippen LogP contribution in [0.25, 0.3) is 11.3 Å². The fourth-order valence-corrected chi connectivity index (χ4v) is 2.28. The first-order valence-electron chi connectivity index (χ1n) is 6.23. The number of nitrogens with zero attached hydrogens (tertiary/aromatic N) is 3. The number of aromatic nitrogens is 2. The van der Waals surface area contributed by atoms with Gasteiger partial charge >= 0.3 is 5.82 Å². The van der Waals surface area contributed by atoms with Gasteiger partial charge in [0.05, 0.1) is 5.16 Å². The molecule has 0 spiro atoms. The van der Waals surface area contributed by atoms with Crippen LogP contribution in [0.15, 0.2) is 35.0 Å². The second-order valence-electron chi connectivity index (χ2n) is 4.47. The Morgan fingerprint density at radius 2 is 2.05 bits per heavy atom. The van der Waals surface area contributed by atoms with Crippen molar-refractivity contribution in [2.24, 2.45) is 0 Å². The Labute approximate surface area is 109 Å². The molecule has 1 aliphatic rings. The fraction of sp³-hybridized carbons (Fsp3) is 0.308. The predicted molar refractivity (Wildman–Crippen MR) is 67.1 cm³/mol. The molecule has 0 radical (unpaired) electrons. The Kier molecular flexibility index (Phi) is 2.91. The van der Waals surface area contributed by atoms with Gasteiger partial charge in [-0.3, -0.25) is 14.3 Å². The van der Waals surface area contributed by atoms with E-state index in [1.54, 1.807) is 12.1 Å². The molecule has 2 aromatic rings. The second-order valence-corrected chi connectivity index (χ2v) is 4.47. The summed E-state index contributed by atoms with van der Waals surface area (Å²) in [5, 5.41) is 15.5. The van der Waals surface area contributed by atoms with Crippen LogP contribution in [-0.2, 0) is 4.79 Å². The van der Waals surface area contributed by atoms with Crippen LogP contribution >= 0.6 is 0 Å². The Morgan fingerprint density at radius 1 is 1.26 bits per heavy atom. The Bertz CT molecular complexity index is 594. The number of benzene rings is 1. The minimum absolute atomic E-state index is 0.0164. The molecule has 0 atom stereocenters. The lowest BCUT2D eigenvalue weighted by Crippen LogP contribution is -2.36. The van der Waals surface area contributed by atoms with E-state index in [2.05, 4.69) is 9.79 Å². The zero-order chi connectivity index (χ0) is 13.2. The first kappa shape index (κ1) is 11.7. The van der Waals surface area contributed by atoms with Crippen molar-refractivity contribution in [2.45, 2.75) is 19.3 Å². The van der Waals surface area contributed by atoms with Gasteiger partial charge in [0.1, 0.15) is 0 Å². The number of carbonyl (C=O) groups excluding carboxylic acids is 1. The van der Waals surface area contributed by atoms with Crippen molar-refractivity contribution in [1.82, 2.24) is 5.16 Å². The molecule has 0 N–H and O–H groups in total. The molecule has 1 saturated heterocycles. The molecule has 19 heavy (non-hydrogen) atoms. The van der Waals surface area contributed by atoms with E-state index < -0.39 is 0 Å². The molecule has 0 saturated carbocycles. The second kappa shape index (κ2) is 4.72. The molecule has 1 aromatic carbocycles. The molecular weight excluding hydrogens is 246 g/mol. The summed E-state index contributed by atoms with van der Waals surface area (Å²) >= 11 is 0. The molecule has 0 unspecified atom stereocenters. The molecule has 0 bridgehead atoms. The van der Waals surface area contributed by atoms with E-state index in [4.69, 9.17) is 0 Å². The summed E-state index contributed by atoms with van der Waals surface area (Å²) in [5.74, 6) is 0.295. The van der Waals surface area contributed by atoms with Crippen LogP contribution in [0.5, 0.6) is 0 Å². The minimum Gasteiger partial charge on any atom is -0.359 e. The van der Waals surface area contributed by atoms with Gasteiger partial charge in [-0.1, -0.05) is 30.3 Å². The van der Waals surface area contributed by atoms with Gasteiger partial charge in [-0.2, -0.15) is 0 Å². The lowest BCUT2D eigenvalue weighted by atomic mass is 10.1. The van der Waals surface area contributed by atoms with Crippen LogP contribution in [0.4, 0.5) is 5.82 Å². The van der Waals surface area contributed by atoms with Crippen molar-refractivity contribution < 1.29 is 14.3 Å². The molecule has 1 amide bonds. The summed E-state index contributed by atoms with van der Waals surface area (Å²) in [4.78, 5) is 13.8. The van der Waals surface area contributed by atoms with Gasteiger partial charge in [0, 0.05) is 18.5 Å². The fourth-order valence-electron chi connectivity index (χ4n) is 2.28. The summed E-state index contributed by atoms with van der Waals surface area (Å²) in [5.41, 5.74) is 0.975. The number of rotatable bonds is 2. The molecule has 98 valence electrons. The number of anilines is 1. The molecule has 6 nitrogen and oxygen atoms in total. The third kappa shape index (κ3) is 2.05. The van der Waals surface area contributed by atoms with Crippen molar-refractivity contribution in [3.05, 3.63) is 35.5 Å². The molecule has 2 heterocycles. The highest BCUT2D eigenvalue weighted by Gasteiger charge is 2.31. The molecule has 0 aliphatic carbocycles. The SMILES string of the molecule is O=C1CCCCN1c1no[n+]([O-])c1-c1ccccc1. The van der Waals surface area contributed by atoms with Gasteiger partial charge < -0.3 is 5.21 Å². The van der Waals surface area contributed by atoms with Crippen LogP contribution in [0.1, 0.15) is 19.3 Å². The maximum Gasteiger partial charge on any atom is 0.324 e. The maximum absolute atomic E-state index is 11.9. The summed E-state index contributed by atoms with van der Waals surface area (Å²) in [6, 6.07) is 9.09. The van der Waals surface area contributed by atoms with Crippen LogP contribution in [0, 0.1) is 5.21 Å². The molecule has 1 aromatic heterocycles. The molecular formula is C13H13N3O3. The summed E-state index contributed by atoms with van der Waals surface area (Å²) in [6.07, 6.45) is 2.27. The van der Waals surface area contributed by atoms with E-state index >= 15 is 0 Å². The van der Waals surface area contributed by atoms with Gasteiger partial charge in [-0.25, -0.2) is 0 Å². The van der Waals surface area contributed by atoms with E-state index in [0.29, 0.717) is 29.2 Å². The number of carbonyl (C=O) groups is 1. The first-order chi connectivity index (χ1) is 9.27. The van der Waals surface area contributed by atoms with Crippen molar-refractivity contribution >= 4 is 11.7 Å². The van der Waals surface area contributed by atoms with E-state index in [1.807, 2.05) is 18.2 Å². The molecule has 1 fully saturated rings. The number of hydrogen-bond acceptors (Lipinski definition) is 4. The van der Waals surface area contributed by atoms with Crippen LogP contribution in [0.3, 0.4) is 0 Å². The monoisotopic (exact) mass is 259 g/mol. The molecule has 6 heteroatoms. The highest BCUT2D eigenvalue weighted by Crippen LogP contribution is 2.28. The zero-order valence-electron chi connectivity index (χ0n) is 10.3. The quantitative estimate of drug-likeness (QED) is 0.766. The van der Waals surface area contributed by atoms with E-state index in [-0.39, 0.29) is 11.6 Å². The average Bonchev–Trinajstić information content (AvgIpc) is 2.82. The number of amides is 1. The first-order valence-corrected chi connectivity index (χ1v) is 6.23. The Morgan fingerprint density at radius 3 is 2.79 bits per heavy atom. The van der Waals surface area contributed by atoms with Crippen molar-refractivity contribution in [3.8, 4) is 11.3 Å². The van der Waals surface area contributed by atoms with E-state index in [1.165, 1.54) is 4.90 Å². The third-order valence-corrected chi connectivity index (χ3v) is 3.22. The van der Waals surface area contributed by atoms with Crippen LogP contribution < -0.4 is 9.80 Å². The Balaban J connectivity index is 2.06. The lowest BCUT2D eigenvalue weighted by molar-refractivity contribution is -0.793. The predicted octanol–water partition coefficient (Wildman–Crippen LogP) is 1.49. The van der Waals surface area contributed by atoms with Crippen LogP contribution in [-0.4, -0.2) is 17.6 Å². The van der Waals surface area contributed by atoms with Gasteiger partial charge in [0.15, 0.2) is 0 Å². The van der Waals surface area contributed by atoms with Gasteiger partial charge in [-0.15, -0.1) is 0 Å². The van der Waals surface area contributed by atoms with Crippen LogP contribution in [0.2, 0.25) is 0 Å². The minimum atomic E-state index is -0.0164. The zero-order valence-corrected chi connectivity index (χ0v) is 10.3. The highest BCUT2D eigenvalue weighted by atomic mass is 16.8. The van der Waals surface area contributed by atoms with Crippen molar-refractivity contribution in [2.75, 3.05) is 11.4 Å². The van der Waals surface area contributed by atoms with Gasteiger partial charge in [-0.05, 0) is 17.7 Å².